The van der Waals surface area contributed by atoms with Gasteiger partial charge in [0.15, 0.2) is 0 Å². The van der Waals surface area contributed by atoms with Crippen LogP contribution in [0.3, 0.4) is 0 Å². The normalized spacial score (nSPS) is 22.6. The zero-order valence-corrected chi connectivity index (χ0v) is 11.0. The first kappa shape index (κ1) is 14.5. The molecule has 0 unspecified atom stereocenters. The first-order chi connectivity index (χ1) is 9.40. The lowest BCUT2D eigenvalue weighted by atomic mass is 9.93. The van der Waals surface area contributed by atoms with E-state index in [-0.39, 0.29) is 31.0 Å². The Bertz CT molecular complexity index is 546. The molecular formula is C14H16FNO4. The molecule has 0 aromatic heterocycles. The third kappa shape index (κ3) is 2.80. The number of carbonyl (C=O) groups is 2. The molecule has 0 saturated carbocycles. The van der Waals surface area contributed by atoms with Gasteiger partial charge >= 0.3 is 5.97 Å². The van der Waals surface area contributed by atoms with Gasteiger partial charge in [-0.05, 0) is 31.0 Å². The number of carboxylic acids is 1. The van der Waals surface area contributed by atoms with Crippen LogP contribution in [0.1, 0.15) is 22.3 Å². The SMILES string of the molecule is Cc1ccc(F)cc1C(=O)N1CC[C@H](C(=O)O)[C@H](O)C1. The molecule has 108 valence electrons. The quantitative estimate of drug-likeness (QED) is 0.849. The van der Waals surface area contributed by atoms with E-state index in [1.165, 1.54) is 17.0 Å². The minimum absolute atomic E-state index is 0.0498. The minimum atomic E-state index is -1.10. The van der Waals surface area contributed by atoms with Gasteiger partial charge in [0.25, 0.3) is 5.91 Å². The van der Waals surface area contributed by atoms with Crippen LogP contribution in [0.4, 0.5) is 4.39 Å². The van der Waals surface area contributed by atoms with Crippen molar-refractivity contribution in [2.45, 2.75) is 19.4 Å². The second-order valence-electron chi connectivity index (χ2n) is 5.01. The Labute approximate surface area is 115 Å². The summed E-state index contributed by atoms with van der Waals surface area (Å²) in [6.45, 7) is 1.89. The predicted octanol–water partition coefficient (Wildman–Crippen LogP) is 1.04. The number of carboxylic acid groups (broad SMARTS) is 1. The van der Waals surface area contributed by atoms with Crippen LogP contribution < -0.4 is 0 Å². The van der Waals surface area contributed by atoms with E-state index in [1.807, 2.05) is 0 Å². The highest BCUT2D eigenvalue weighted by Crippen LogP contribution is 2.21. The van der Waals surface area contributed by atoms with Crippen LogP contribution in [0.5, 0.6) is 0 Å². The number of β-amino-alcohol motifs (C(OH)–C–C–N with tert-alkyl or cyclic N) is 1. The molecule has 6 heteroatoms. The maximum Gasteiger partial charge on any atom is 0.309 e. The monoisotopic (exact) mass is 281 g/mol. The number of aliphatic carboxylic acids is 1. The zero-order valence-electron chi connectivity index (χ0n) is 11.0. The number of hydrogen-bond acceptors (Lipinski definition) is 3. The topological polar surface area (TPSA) is 77.8 Å². The van der Waals surface area contributed by atoms with E-state index in [0.29, 0.717) is 5.56 Å². The number of rotatable bonds is 2. The van der Waals surface area contributed by atoms with Gasteiger partial charge in [0.05, 0.1) is 12.0 Å². The third-order valence-corrected chi connectivity index (χ3v) is 3.62. The summed E-state index contributed by atoms with van der Waals surface area (Å²) in [6, 6.07) is 3.95. The number of carbonyl (C=O) groups excluding carboxylic acids is 1. The summed E-state index contributed by atoms with van der Waals surface area (Å²) in [5.74, 6) is -2.80. The first-order valence-corrected chi connectivity index (χ1v) is 6.36. The number of piperidine rings is 1. The number of amides is 1. The van der Waals surface area contributed by atoms with Crippen LogP contribution in [0.2, 0.25) is 0 Å². The van der Waals surface area contributed by atoms with Crippen LogP contribution in [-0.2, 0) is 4.79 Å². The molecule has 2 atom stereocenters. The Morgan fingerprint density at radius 2 is 2.10 bits per heavy atom. The average molecular weight is 281 g/mol. The summed E-state index contributed by atoms with van der Waals surface area (Å²) in [5, 5.41) is 18.7. The number of halogens is 1. The lowest BCUT2D eigenvalue weighted by molar-refractivity contribution is -0.148. The van der Waals surface area contributed by atoms with Crippen molar-refractivity contribution in [3.05, 3.63) is 35.1 Å². The molecule has 5 nitrogen and oxygen atoms in total. The summed E-state index contributed by atoms with van der Waals surface area (Å²) >= 11 is 0. The van der Waals surface area contributed by atoms with Gasteiger partial charge < -0.3 is 15.1 Å². The number of aryl methyl sites for hydroxylation is 1. The number of benzene rings is 1. The molecule has 1 aromatic carbocycles. The van der Waals surface area contributed by atoms with E-state index < -0.39 is 23.8 Å². The van der Waals surface area contributed by atoms with Crippen LogP contribution in [-0.4, -0.2) is 46.2 Å². The number of aliphatic hydroxyl groups excluding tert-OH is 1. The van der Waals surface area contributed by atoms with Crippen LogP contribution in [0.25, 0.3) is 0 Å². The fourth-order valence-electron chi connectivity index (χ4n) is 2.40. The van der Waals surface area contributed by atoms with Crippen molar-refractivity contribution in [1.82, 2.24) is 4.90 Å². The highest BCUT2D eigenvalue weighted by atomic mass is 19.1. The lowest BCUT2D eigenvalue weighted by Crippen LogP contribution is -2.48. The third-order valence-electron chi connectivity index (χ3n) is 3.62. The smallest absolute Gasteiger partial charge is 0.309 e. The molecule has 2 N–H and O–H groups in total. The van der Waals surface area contributed by atoms with E-state index in [2.05, 4.69) is 0 Å². The Morgan fingerprint density at radius 1 is 1.40 bits per heavy atom. The second kappa shape index (κ2) is 5.58. The molecular weight excluding hydrogens is 265 g/mol. The van der Waals surface area contributed by atoms with Gasteiger partial charge in [0.2, 0.25) is 0 Å². The van der Waals surface area contributed by atoms with Gasteiger partial charge in [-0.25, -0.2) is 4.39 Å². The molecule has 1 aliphatic rings. The van der Waals surface area contributed by atoms with Gasteiger partial charge in [0, 0.05) is 18.7 Å². The van der Waals surface area contributed by atoms with Crippen molar-refractivity contribution in [3.63, 3.8) is 0 Å². The van der Waals surface area contributed by atoms with Gasteiger partial charge in [-0.3, -0.25) is 9.59 Å². The molecule has 0 aliphatic carbocycles. The number of hydrogen-bond donors (Lipinski definition) is 2. The van der Waals surface area contributed by atoms with E-state index >= 15 is 0 Å². The summed E-state index contributed by atoms with van der Waals surface area (Å²) in [5.41, 5.74) is 0.886. The van der Waals surface area contributed by atoms with E-state index in [0.717, 1.165) is 6.07 Å². The number of nitrogens with zero attached hydrogens (tertiary/aromatic N) is 1. The molecule has 1 saturated heterocycles. The maximum absolute atomic E-state index is 13.2. The predicted molar refractivity (Wildman–Crippen MR) is 68.8 cm³/mol. The lowest BCUT2D eigenvalue weighted by Gasteiger charge is -2.34. The highest BCUT2D eigenvalue weighted by molar-refractivity contribution is 5.95. The van der Waals surface area contributed by atoms with Gasteiger partial charge in [0.1, 0.15) is 5.82 Å². The van der Waals surface area contributed by atoms with E-state index in [4.69, 9.17) is 5.11 Å². The highest BCUT2D eigenvalue weighted by Gasteiger charge is 2.35. The molecule has 0 bridgehead atoms. The summed E-state index contributed by atoms with van der Waals surface area (Å²) in [7, 11) is 0. The van der Waals surface area contributed by atoms with Crippen LogP contribution >= 0.6 is 0 Å². The Balaban J connectivity index is 2.15. The summed E-state index contributed by atoms with van der Waals surface area (Å²) < 4.78 is 13.2. The molecule has 1 heterocycles. The average Bonchev–Trinajstić information content (AvgIpc) is 2.40. The van der Waals surface area contributed by atoms with E-state index in [9.17, 15) is 19.1 Å². The van der Waals surface area contributed by atoms with Crippen molar-refractivity contribution in [2.75, 3.05) is 13.1 Å². The van der Waals surface area contributed by atoms with Gasteiger partial charge in [-0.15, -0.1) is 0 Å². The van der Waals surface area contributed by atoms with E-state index in [1.54, 1.807) is 6.92 Å². The van der Waals surface area contributed by atoms with Crippen molar-refractivity contribution >= 4 is 11.9 Å². The number of aliphatic hydroxyl groups is 1. The number of likely N-dealkylation sites (tertiary alicyclic amines) is 1. The fourth-order valence-corrected chi connectivity index (χ4v) is 2.40. The first-order valence-electron chi connectivity index (χ1n) is 6.36. The molecule has 2 rings (SSSR count). The van der Waals surface area contributed by atoms with Crippen LogP contribution in [0.15, 0.2) is 18.2 Å². The van der Waals surface area contributed by atoms with Crippen molar-refractivity contribution in [3.8, 4) is 0 Å². The van der Waals surface area contributed by atoms with Crippen molar-refractivity contribution in [1.29, 1.82) is 0 Å². The molecule has 1 fully saturated rings. The Morgan fingerprint density at radius 3 is 2.70 bits per heavy atom. The van der Waals surface area contributed by atoms with Crippen LogP contribution in [0, 0.1) is 18.7 Å². The molecule has 1 aromatic rings. The Hall–Kier alpha value is -1.95. The summed E-state index contributed by atoms with van der Waals surface area (Å²) in [4.78, 5) is 24.6. The largest absolute Gasteiger partial charge is 0.481 e. The van der Waals surface area contributed by atoms with Crippen molar-refractivity contribution in [2.24, 2.45) is 5.92 Å². The van der Waals surface area contributed by atoms with Crippen molar-refractivity contribution < 1.29 is 24.2 Å². The van der Waals surface area contributed by atoms with Gasteiger partial charge in [-0.1, -0.05) is 6.07 Å². The Kier molecular flexibility index (Phi) is 4.04. The standard InChI is InChI=1S/C14H16FNO4/c1-8-2-3-9(15)6-11(8)13(18)16-5-4-10(14(19)20)12(17)7-16/h2-3,6,10,12,17H,4-5,7H2,1H3,(H,19,20)/t10-,12+/m0/s1. The molecule has 1 aliphatic heterocycles. The molecule has 0 spiro atoms. The second-order valence-corrected chi connectivity index (χ2v) is 5.01. The fraction of sp³-hybridized carbons (Fsp3) is 0.429. The molecule has 20 heavy (non-hydrogen) atoms. The minimum Gasteiger partial charge on any atom is -0.481 e. The summed E-state index contributed by atoms with van der Waals surface area (Å²) in [6.07, 6.45) is -0.907. The maximum atomic E-state index is 13.2. The zero-order chi connectivity index (χ0) is 14.9. The molecule has 1 amide bonds. The molecule has 0 radical (unpaired) electrons. The van der Waals surface area contributed by atoms with Gasteiger partial charge in [-0.2, -0.15) is 0 Å².